The van der Waals surface area contributed by atoms with Gasteiger partial charge in [-0.1, -0.05) is 136 Å². The van der Waals surface area contributed by atoms with Crippen LogP contribution in [-0.4, -0.2) is 9.55 Å². The third-order valence-electron chi connectivity index (χ3n) is 7.73. The van der Waals surface area contributed by atoms with E-state index in [1.807, 2.05) is 12.5 Å². The summed E-state index contributed by atoms with van der Waals surface area (Å²) in [5.74, 6) is 0.760. The second kappa shape index (κ2) is 19.7. The summed E-state index contributed by atoms with van der Waals surface area (Å²) in [6, 6.07) is 0. The molecule has 2 nitrogen and oxygen atoms in total. The molecule has 1 rings (SSSR count). The summed E-state index contributed by atoms with van der Waals surface area (Å²) in [6.07, 6.45) is 36.0. The van der Waals surface area contributed by atoms with Gasteiger partial charge in [-0.25, -0.2) is 4.98 Å². The lowest BCUT2D eigenvalue weighted by molar-refractivity contribution is 0.181. The van der Waals surface area contributed by atoms with E-state index in [0.717, 1.165) is 5.92 Å². The molecule has 0 unspecified atom stereocenters. The molecule has 0 aliphatic rings. The highest BCUT2D eigenvalue weighted by Crippen LogP contribution is 2.34. The number of aromatic nitrogens is 2. The number of rotatable bonds is 23. The highest BCUT2D eigenvalue weighted by Gasteiger charge is 2.29. The van der Waals surface area contributed by atoms with Crippen molar-refractivity contribution in [3.05, 3.63) is 18.7 Å². The largest absolute Gasteiger partial charge is 0.332 e. The number of imidazole rings is 1. The van der Waals surface area contributed by atoms with Crippen LogP contribution < -0.4 is 0 Å². The van der Waals surface area contributed by atoms with Crippen LogP contribution in [0.15, 0.2) is 18.7 Å². The Morgan fingerprint density at radius 3 is 1.31 bits per heavy atom. The van der Waals surface area contributed by atoms with Crippen LogP contribution in [0.2, 0.25) is 0 Å². The van der Waals surface area contributed by atoms with Gasteiger partial charge >= 0.3 is 0 Å². The zero-order valence-corrected chi connectivity index (χ0v) is 22.6. The average molecular weight is 447 g/mol. The highest BCUT2D eigenvalue weighted by atomic mass is 15.1. The van der Waals surface area contributed by atoms with Crippen LogP contribution in [0, 0.1) is 5.92 Å². The Balaban J connectivity index is 2.22. The molecule has 0 aliphatic heterocycles. The van der Waals surface area contributed by atoms with E-state index in [9.17, 15) is 0 Å². The third-order valence-corrected chi connectivity index (χ3v) is 7.73. The van der Waals surface area contributed by atoms with Crippen molar-refractivity contribution in [3.8, 4) is 0 Å². The van der Waals surface area contributed by atoms with Gasteiger partial charge in [0, 0.05) is 17.9 Å². The van der Waals surface area contributed by atoms with E-state index in [1.54, 1.807) is 0 Å². The summed E-state index contributed by atoms with van der Waals surface area (Å²) in [4.78, 5) is 4.34. The van der Waals surface area contributed by atoms with Crippen molar-refractivity contribution in [1.29, 1.82) is 0 Å². The van der Waals surface area contributed by atoms with Crippen LogP contribution >= 0.6 is 0 Å². The Bertz CT molecular complexity index is 491. The molecule has 32 heavy (non-hydrogen) atoms. The summed E-state index contributed by atoms with van der Waals surface area (Å²) < 4.78 is 2.36. The van der Waals surface area contributed by atoms with E-state index >= 15 is 0 Å². The monoisotopic (exact) mass is 446 g/mol. The van der Waals surface area contributed by atoms with Gasteiger partial charge in [-0.05, 0) is 32.6 Å². The quantitative estimate of drug-likeness (QED) is 0.153. The van der Waals surface area contributed by atoms with Gasteiger partial charge in [-0.2, -0.15) is 0 Å². The fourth-order valence-corrected chi connectivity index (χ4v) is 5.24. The molecular formula is C30H58N2. The minimum absolute atomic E-state index is 0.177. The number of hydrogen-bond acceptors (Lipinski definition) is 1. The Hall–Kier alpha value is -0.790. The smallest absolute Gasteiger partial charge is 0.0951 e. The van der Waals surface area contributed by atoms with Gasteiger partial charge in [0.1, 0.15) is 0 Å². The third kappa shape index (κ3) is 13.7. The molecular weight excluding hydrogens is 388 g/mol. The summed E-state index contributed by atoms with van der Waals surface area (Å²) in [5.41, 5.74) is 0.177. The Morgan fingerprint density at radius 2 is 0.969 bits per heavy atom. The lowest BCUT2D eigenvalue weighted by Gasteiger charge is -2.36. The normalized spacial score (nSPS) is 13.0. The topological polar surface area (TPSA) is 17.8 Å². The number of hydrogen-bond donors (Lipinski definition) is 0. The van der Waals surface area contributed by atoms with Gasteiger partial charge in [0.15, 0.2) is 0 Å². The zero-order chi connectivity index (χ0) is 23.3. The van der Waals surface area contributed by atoms with Crippen molar-refractivity contribution in [1.82, 2.24) is 9.55 Å². The van der Waals surface area contributed by atoms with Gasteiger partial charge in [0.05, 0.1) is 6.33 Å². The molecule has 0 spiro atoms. The zero-order valence-electron chi connectivity index (χ0n) is 22.6. The molecule has 0 fully saturated rings. The van der Waals surface area contributed by atoms with Gasteiger partial charge in [0.25, 0.3) is 0 Å². The molecule has 0 aromatic carbocycles. The first-order chi connectivity index (χ1) is 15.6. The van der Waals surface area contributed by atoms with E-state index in [2.05, 4.69) is 43.4 Å². The molecule has 0 saturated heterocycles. The van der Waals surface area contributed by atoms with Gasteiger partial charge in [-0.15, -0.1) is 0 Å². The Kier molecular flexibility index (Phi) is 18.0. The van der Waals surface area contributed by atoms with Crippen molar-refractivity contribution in [2.45, 2.75) is 168 Å². The van der Waals surface area contributed by atoms with Crippen LogP contribution in [0.5, 0.6) is 0 Å². The molecule has 0 N–H and O–H groups in total. The van der Waals surface area contributed by atoms with E-state index in [4.69, 9.17) is 0 Å². The first-order valence-corrected chi connectivity index (χ1v) is 14.6. The molecule has 0 aliphatic carbocycles. The second-order valence-corrected chi connectivity index (χ2v) is 10.9. The summed E-state index contributed by atoms with van der Waals surface area (Å²) >= 11 is 0. The minimum atomic E-state index is 0.177. The maximum absolute atomic E-state index is 4.34. The summed E-state index contributed by atoms with van der Waals surface area (Å²) in [6.45, 7) is 9.47. The Morgan fingerprint density at radius 1 is 0.594 bits per heavy atom. The van der Waals surface area contributed by atoms with E-state index in [1.165, 1.54) is 135 Å². The highest BCUT2D eigenvalue weighted by molar-refractivity contribution is 4.90. The molecule has 0 amide bonds. The van der Waals surface area contributed by atoms with Crippen LogP contribution in [0.1, 0.15) is 163 Å². The SMILES string of the molecule is CCCCCCCCCCCCCC[C@H](CCCCCCCCC)C(C)(C)n1ccnc1. The molecule has 2 heteroatoms. The predicted octanol–water partition coefficient (Wildman–Crippen LogP) is 10.5. The lowest BCUT2D eigenvalue weighted by Crippen LogP contribution is -2.34. The molecule has 0 radical (unpaired) electrons. The minimum Gasteiger partial charge on any atom is -0.332 e. The number of nitrogens with zero attached hydrogens (tertiary/aromatic N) is 2. The fourth-order valence-electron chi connectivity index (χ4n) is 5.24. The lowest BCUT2D eigenvalue weighted by atomic mass is 9.79. The predicted molar refractivity (Wildman–Crippen MR) is 143 cm³/mol. The van der Waals surface area contributed by atoms with Crippen LogP contribution in [-0.2, 0) is 5.54 Å². The van der Waals surface area contributed by atoms with Gasteiger partial charge in [-0.3, -0.25) is 0 Å². The van der Waals surface area contributed by atoms with Crippen molar-refractivity contribution < 1.29 is 0 Å². The Labute approximate surface area is 202 Å². The molecule has 1 aromatic rings. The standard InChI is InChI=1S/C30H58N2/c1-5-7-9-11-13-14-15-16-17-19-21-23-25-29(24-22-20-18-12-10-8-6-2)30(3,4)32-27-26-31-28-32/h26-29H,5-25H2,1-4H3/t29-/m0/s1. The number of unbranched alkanes of at least 4 members (excludes halogenated alkanes) is 17. The molecule has 188 valence electrons. The van der Waals surface area contributed by atoms with Gasteiger partial charge < -0.3 is 4.57 Å². The van der Waals surface area contributed by atoms with Crippen LogP contribution in [0.3, 0.4) is 0 Å². The van der Waals surface area contributed by atoms with Crippen LogP contribution in [0.4, 0.5) is 0 Å². The molecule has 1 heterocycles. The fraction of sp³-hybridized carbons (Fsp3) is 0.900. The van der Waals surface area contributed by atoms with Crippen molar-refractivity contribution >= 4 is 0 Å². The van der Waals surface area contributed by atoms with E-state index in [-0.39, 0.29) is 5.54 Å². The summed E-state index contributed by atoms with van der Waals surface area (Å²) in [5, 5.41) is 0. The van der Waals surface area contributed by atoms with Crippen molar-refractivity contribution in [2.24, 2.45) is 5.92 Å². The van der Waals surface area contributed by atoms with Gasteiger partial charge in [0.2, 0.25) is 0 Å². The van der Waals surface area contributed by atoms with E-state index < -0.39 is 0 Å². The van der Waals surface area contributed by atoms with Crippen LogP contribution in [0.25, 0.3) is 0 Å². The maximum atomic E-state index is 4.34. The molecule has 1 atom stereocenters. The first-order valence-electron chi connectivity index (χ1n) is 14.6. The average Bonchev–Trinajstić information content (AvgIpc) is 3.33. The maximum Gasteiger partial charge on any atom is 0.0951 e. The molecule has 0 bridgehead atoms. The summed E-state index contributed by atoms with van der Waals surface area (Å²) in [7, 11) is 0. The second-order valence-electron chi connectivity index (χ2n) is 10.9. The molecule has 1 aromatic heterocycles. The van der Waals surface area contributed by atoms with E-state index in [0.29, 0.717) is 0 Å². The first kappa shape index (κ1) is 29.2. The van der Waals surface area contributed by atoms with Crippen molar-refractivity contribution in [3.63, 3.8) is 0 Å². The van der Waals surface area contributed by atoms with Crippen molar-refractivity contribution in [2.75, 3.05) is 0 Å². The molecule has 0 saturated carbocycles.